The van der Waals surface area contributed by atoms with Crippen molar-refractivity contribution in [2.24, 2.45) is 7.05 Å². The van der Waals surface area contributed by atoms with Gasteiger partial charge in [-0.15, -0.1) is 12.4 Å². The maximum Gasteiger partial charge on any atom is 0.242 e. The quantitative estimate of drug-likeness (QED) is 0.832. The maximum atomic E-state index is 13.7. The largest absolute Gasteiger partial charge is 0.467 e. The Hall–Kier alpha value is -2.16. The zero-order valence-electron chi connectivity index (χ0n) is 13.9. The molecular weight excluding hydrogens is 351 g/mol. The van der Waals surface area contributed by atoms with Gasteiger partial charge in [0, 0.05) is 36.5 Å². The van der Waals surface area contributed by atoms with Crippen molar-refractivity contribution in [2.75, 3.05) is 13.8 Å². The lowest BCUT2D eigenvalue weighted by Crippen LogP contribution is -2.35. The summed E-state index contributed by atoms with van der Waals surface area (Å²) in [4.78, 5) is 12.4. The molecule has 1 aromatic carbocycles. The number of carbonyl (C=O) groups is 1. The molecular formula is C16H20ClFN4O3. The lowest BCUT2D eigenvalue weighted by Gasteiger charge is -2.21. The second-order valence-corrected chi connectivity index (χ2v) is 5.55. The average molecular weight is 371 g/mol. The highest BCUT2D eigenvalue weighted by Gasteiger charge is 2.22. The number of ether oxygens (including phenoxy) is 2. The van der Waals surface area contributed by atoms with Gasteiger partial charge >= 0.3 is 0 Å². The first kappa shape index (κ1) is 19.2. The minimum Gasteiger partial charge on any atom is -0.467 e. The van der Waals surface area contributed by atoms with Crippen LogP contribution in [0.4, 0.5) is 4.39 Å². The molecule has 2 heterocycles. The van der Waals surface area contributed by atoms with Gasteiger partial charge in [-0.2, -0.15) is 5.10 Å². The Kier molecular flexibility index (Phi) is 6.35. The number of hydrogen-bond donors (Lipinski definition) is 2. The van der Waals surface area contributed by atoms with Crippen LogP contribution in [0.25, 0.3) is 0 Å². The smallest absolute Gasteiger partial charge is 0.242 e. The summed E-state index contributed by atoms with van der Waals surface area (Å²) in [6.45, 7) is 0.578. The Morgan fingerprint density at radius 2 is 2.28 bits per heavy atom. The van der Waals surface area contributed by atoms with Gasteiger partial charge in [0.15, 0.2) is 6.79 Å². The Balaban J connectivity index is 0.00000225. The first-order valence-electron chi connectivity index (χ1n) is 7.54. The van der Waals surface area contributed by atoms with Crippen molar-refractivity contribution in [1.82, 2.24) is 20.4 Å². The van der Waals surface area contributed by atoms with E-state index in [0.717, 1.165) is 5.56 Å². The number of benzene rings is 1. The van der Waals surface area contributed by atoms with Crippen LogP contribution >= 0.6 is 12.4 Å². The number of carbonyl (C=O) groups excluding carboxylic acids is 1. The molecule has 0 bridgehead atoms. The molecule has 2 aromatic rings. The summed E-state index contributed by atoms with van der Waals surface area (Å²) in [6.07, 6.45) is 3.40. The number of aryl methyl sites for hydroxylation is 1. The minimum atomic E-state index is -0.535. The molecule has 0 saturated carbocycles. The van der Waals surface area contributed by atoms with Gasteiger partial charge < -0.3 is 20.1 Å². The minimum absolute atomic E-state index is 0. The zero-order chi connectivity index (χ0) is 17.1. The summed E-state index contributed by atoms with van der Waals surface area (Å²) < 4.78 is 26.0. The number of rotatable bonds is 5. The third-order valence-corrected chi connectivity index (χ3v) is 3.81. The zero-order valence-corrected chi connectivity index (χ0v) is 14.7. The van der Waals surface area contributed by atoms with Crippen LogP contribution in [-0.2, 0) is 29.7 Å². The van der Waals surface area contributed by atoms with Crippen molar-refractivity contribution in [1.29, 1.82) is 0 Å². The number of likely N-dealkylation sites (N-methyl/N-ethyl adjacent to an activating group) is 1. The van der Waals surface area contributed by atoms with Crippen molar-refractivity contribution in [3.05, 3.63) is 47.0 Å². The molecule has 1 aromatic heterocycles. The Labute approximate surface area is 150 Å². The van der Waals surface area contributed by atoms with E-state index in [0.29, 0.717) is 23.5 Å². The van der Waals surface area contributed by atoms with Gasteiger partial charge in [-0.3, -0.25) is 9.48 Å². The van der Waals surface area contributed by atoms with Gasteiger partial charge in [0.05, 0.1) is 12.8 Å². The molecule has 7 nitrogen and oxygen atoms in total. The van der Waals surface area contributed by atoms with Crippen LogP contribution in [0.3, 0.4) is 0 Å². The van der Waals surface area contributed by atoms with E-state index in [1.807, 2.05) is 0 Å². The van der Waals surface area contributed by atoms with Crippen LogP contribution in [-0.4, -0.2) is 29.5 Å². The number of aromatic nitrogens is 2. The lowest BCUT2D eigenvalue weighted by molar-refractivity contribution is -0.123. The molecule has 2 N–H and O–H groups in total. The van der Waals surface area contributed by atoms with Crippen molar-refractivity contribution >= 4 is 18.3 Å². The monoisotopic (exact) mass is 370 g/mol. The van der Waals surface area contributed by atoms with Gasteiger partial charge in [-0.1, -0.05) is 0 Å². The molecule has 1 amide bonds. The Morgan fingerprint density at radius 3 is 2.96 bits per heavy atom. The number of nitrogens with zero attached hydrogens (tertiary/aromatic N) is 2. The average Bonchev–Trinajstić information content (AvgIpc) is 2.99. The van der Waals surface area contributed by atoms with Crippen molar-refractivity contribution in [3.8, 4) is 5.75 Å². The standard InChI is InChI=1S/C16H19FN4O3.ClH/c1-18-14(12-6-20-21(2)7-12)16(22)19-5-10-3-13(17)4-11-8-23-9-24-15(10)11;/h3-4,6-7,14,18H,5,8-9H2,1-2H3,(H,19,22);1H. The number of fused-ring (bicyclic) bond motifs is 1. The summed E-state index contributed by atoms with van der Waals surface area (Å²) in [7, 11) is 3.48. The molecule has 0 radical (unpaired) electrons. The number of amides is 1. The summed E-state index contributed by atoms with van der Waals surface area (Å²) in [5, 5.41) is 9.83. The number of hydrogen-bond acceptors (Lipinski definition) is 5. The molecule has 9 heteroatoms. The van der Waals surface area contributed by atoms with Crippen LogP contribution in [0, 0.1) is 5.82 Å². The second kappa shape index (κ2) is 8.28. The molecule has 1 aliphatic heterocycles. The molecule has 1 aliphatic rings. The van der Waals surface area contributed by atoms with Crippen LogP contribution in [0.2, 0.25) is 0 Å². The van der Waals surface area contributed by atoms with Crippen LogP contribution in [0.5, 0.6) is 5.75 Å². The fourth-order valence-electron chi connectivity index (χ4n) is 2.71. The predicted molar refractivity (Wildman–Crippen MR) is 90.8 cm³/mol. The van der Waals surface area contributed by atoms with Gasteiger partial charge in [0.1, 0.15) is 17.6 Å². The van der Waals surface area contributed by atoms with Crippen LogP contribution in [0.1, 0.15) is 22.7 Å². The fraction of sp³-hybridized carbons (Fsp3) is 0.375. The molecule has 25 heavy (non-hydrogen) atoms. The van der Waals surface area contributed by atoms with E-state index in [1.54, 1.807) is 31.2 Å². The van der Waals surface area contributed by atoms with E-state index in [-0.39, 0.29) is 37.5 Å². The molecule has 0 aliphatic carbocycles. The summed E-state index contributed by atoms with van der Waals surface area (Å²) >= 11 is 0. The molecule has 0 spiro atoms. The molecule has 1 atom stereocenters. The molecule has 136 valence electrons. The normalized spacial score (nSPS) is 14.0. The van der Waals surface area contributed by atoms with Crippen molar-refractivity contribution in [2.45, 2.75) is 19.2 Å². The van der Waals surface area contributed by atoms with Crippen molar-refractivity contribution in [3.63, 3.8) is 0 Å². The van der Waals surface area contributed by atoms with Gasteiger partial charge in [-0.05, 0) is 19.2 Å². The molecule has 0 saturated heterocycles. The maximum absolute atomic E-state index is 13.7. The van der Waals surface area contributed by atoms with E-state index >= 15 is 0 Å². The van der Waals surface area contributed by atoms with Gasteiger partial charge in [0.2, 0.25) is 5.91 Å². The Bertz CT molecular complexity index is 753. The van der Waals surface area contributed by atoms with Crippen molar-refractivity contribution < 1.29 is 18.7 Å². The highest BCUT2D eigenvalue weighted by Crippen LogP contribution is 2.29. The van der Waals surface area contributed by atoms with E-state index in [1.165, 1.54) is 12.1 Å². The topological polar surface area (TPSA) is 77.4 Å². The summed E-state index contributed by atoms with van der Waals surface area (Å²) in [6, 6.07) is 2.21. The van der Waals surface area contributed by atoms with E-state index in [9.17, 15) is 9.18 Å². The number of nitrogens with one attached hydrogen (secondary N) is 2. The fourth-order valence-corrected chi connectivity index (χ4v) is 2.71. The first-order chi connectivity index (χ1) is 11.6. The predicted octanol–water partition coefficient (Wildman–Crippen LogP) is 1.42. The van der Waals surface area contributed by atoms with Crippen LogP contribution < -0.4 is 15.4 Å². The summed E-state index contributed by atoms with van der Waals surface area (Å²) in [5.74, 6) is -0.0366. The van der Waals surface area contributed by atoms with E-state index < -0.39 is 6.04 Å². The summed E-state index contributed by atoms with van der Waals surface area (Å²) in [5.41, 5.74) is 1.98. The second-order valence-electron chi connectivity index (χ2n) is 5.55. The van der Waals surface area contributed by atoms with E-state index in [4.69, 9.17) is 9.47 Å². The highest BCUT2D eigenvalue weighted by atomic mass is 35.5. The van der Waals surface area contributed by atoms with Crippen LogP contribution in [0.15, 0.2) is 24.5 Å². The third-order valence-electron chi connectivity index (χ3n) is 3.81. The molecule has 1 unspecified atom stereocenters. The Morgan fingerprint density at radius 1 is 1.48 bits per heavy atom. The molecule has 3 rings (SSSR count). The SMILES string of the molecule is CNC(C(=O)NCc1cc(F)cc2c1OCOC2)c1cnn(C)c1.Cl. The molecule has 0 fully saturated rings. The first-order valence-corrected chi connectivity index (χ1v) is 7.54. The lowest BCUT2D eigenvalue weighted by atomic mass is 10.1. The third kappa shape index (κ3) is 4.28. The highest BCUT2D eigenvalue weighted by molar-refractivity contribution is 5.85. The van der Waals surface area contributed by atoms with Gasteiger partial charge in [0.25, 0.3) is 0 Å². The van der Waals surface area contributed by atoms with E-state index in [2.05, 4.69) is 15.7 Å². The number of halogens is 2. The van der Waals surface area contributed by atoms with Gasteiger partial charge in [-0.25, -0.2) is 4.39 Å².